The Bertz CT molecular complexity index is 2980. The van der Waals surface area contributed by atoms with Crippen LogP contribution in [-0.4, -0.2) is 14.0 Å². The molecule has 3 heteroatoms. The van der Waals surface area contributed by atoms with Gasteiger partial charge in [-0.25, -0.2) is 4.98 Å². The van der Waals surface area contributed by atoms with Crippen molar-refractivity contribution in [1.82, 2.24) is 14.0 Å². The molecule has 0 fully saturated rings. The molecule has 2 aliphatic rings. The molecule has 0 radical (unpaired) electrons. The average molecular weight is 596 g/mol. The second-order valence-electron chi connectivity index (χ2n) is 13.1. The fourth-order valence-electron chi connectivity index (χ4n) is 9.36. The van der Waals surface area contributed by atoms with E-state index in [1.807, 2.05) is 0 Å². The van der Waals surface area contributed by atoms with Crippen molar-refractivity contribution in [2.45, 2.75) is 5.41 Å². The maximum Gasteiger partial charge on any atom is 0.146 e. The number of hydrogen-bond donors (Lipinski definition) is 0. The fraction of sp³-hybridized carbons (Fsp3) is 0.0227. The average Bonchev–Trinajstić information content (AvgIpc) is 3.78. The highest BCUT2D eigenvalue weighted by atomic mass is 15.0. The van der Waals surface area contributed by atoms with Gasteiger partial charge in [0.15, 0.2) is 0 Å². The van der Waals surface area contributed by atoms with Crippen molar-refractivity contribution in [2.75, 3.05) is 0 Å². The molecule has 3 nitrogen and oxygen atoms in total. The van der Waals surface area contributed by atoms with Crippen molar-refractivity contribution >= 4 is 60.2 Å². The second-order valence-corrected chi connectivity index (χ2v) is 13.1. The monoisotopic (exact) mass is 595 g/mol. The van der Waals surface area contributed by atoms with Crippen LogP contribution in [0.2, 0.25) is 0 Å². The fourth-order valence-corrected chi connectivity index (χ4v) is 9.36. The number of rotatable bonds is 0. The van der Waals surface area contributed by atoms with Crippen molar-refractivity contribution in [1.29, 1.82) is 0 Å². The first-order valence-corrected chi connectivity index (χ1v) is 16.3. The SMILES string of the molecule is c1ccc2c(c1)-c1ccccc1C21c2ccccc2-n2c3cc4c(cc3c3cccc1c32)c1ccccc1n1c2ccccc2nc41. The number of para-hydroxylation sites is 5. The maximum atomic E-state index is 5.25. The summed E-state index contributed by atoms with van der Waals surface area (Å²) >= 11 is 0. The van der Waals surface area contributed by atoms with Gasteiger partial charge in [-0.1, -0.05) is 115 Å². The molecule has 0 N–H and O–H groups in total. The molecule has 0 atom stereocenters. The highest BCUT2D eigenvalue weighted by molar-refractivity contribution is 6.22. The third-order valence-corrected chi connectivity index (χ3v) is 11.1. The molecule has 1 aliphatic carbocycles. The minimum absolute atomic E-state index is 0.409. The van der Waals surface area contributed by atoms with Crippen LogP contribution >= 0.6 is 0 Å². The van der Waals surface area contributed by atoms with E-state index in [-0.39, 0.29) is 0 Å². The predicted octanol–water partition coefficient (Wildman–Crippen LogP) is 10.6. The van der Waals surface area contributed by atoms with Crippen molar-refractivity contribution in [3.05, 3.63) is 174 Å². The van der Waals surface area contributed by atoms with Gasteiger partial charge in [0, 0.05) is 21.5 Å². The topological polar surface area (TPSA) is 22.2 Å². The van der Waals surface area contributed by atoms with Crippen molar-refractivity contribution in [3.63, 3.8) is 0 Å². The third kappa shape index (κ3) is 2.64. The summed E-state index contributed by atoms with van der Waals surface area (Å²) in [5, 5.41) is 6.20. The van der Waals surface area contributed by atoms with Crippen molar-refractivity contribution in [2.24, 2.45) is 0 Å². The zero-order valence-electron chi connectivity index (χ0n) is 25.3. The molecule has 1 aliphatic heterocycles. The molecule has 47 heavy (non-hydrogen) atoms. The Morgan fingerprint density at radius 1 is 0.426 bits per heavy atom. The third-order valence-electron chi connectivity index (χ3n) is 11.1. The Kier molecular flexibility index (Phi) is 4.17. The summed E-state index contributed by atoms with van der Waals surface area (Å²) in [6, 6.07) is 56.2. The lowest BCUT2D eigenvalue weighted by molar-refractivity contribution is 0.748. The van der Waals surface area contributed by atoms with Crippen molar-refractivity contribution in [3.8, 4) is 16.8 Å². The molecule has 10 aromatic rings. The van der Waals surface area contributed by atoms with Gasteiger partial charge in [0.25, 0.3) is 0 Å². The molecule has 216 valence electrons. The Morgan fingerprint density at radius 3 is 1.89 bits per heavy atom. The zero-order chi connectivity index (χ0) is 30.4. The van der Waals surface area contributed by atoms with E-state index >= 15 is 0 Å². The van der Waals surface area contributed by atoms with Crippen molar-refractivity contribution < 1.29 is 0 Å². The summed E-state index contributed by atoms with van der Waals surface area (Å²) in [7, 11) is 0. The van der Waals surface area contributed by atoms with Crippen LogP contribution in [0.3, 0.4) is 0 Å². The van der Waals surface area contributed by atoms with Gasteiger partial charge in [0.1, 0.15) is 5.65 Å². The van der Waals surface area contributed by atoms with Gasteiger partial charge in [0.2, 0.25) is 0 Å². The lowest BCUT2D eigenvalue weighted by Gasteiger charge is -2.39. The van der Waals surface area contributed by atoms with Gasteiger partial charge >= 0.3 is 0 Å². The van der Waals surface area contributed by atoms with E-state index in [0.717, 1.165) is 16.7 Å². The smallest absolute Gasteiger partial charge is 0.146 e. The van der Waals surface area contributed by atoms with E-state index in [1.165, 1.54) is 82.5 Å². The van der Waals surface area contributed by atoms with Crippen LogP contribution in [0.5, 0.6) is 0 Å². The van der Waals surface area contributed by atoms with Crippen LogP contribution in [0.25, 0.3) is 77.0 Å². The lowest BCUT2D eigenvalue weighted by atomic mass is 9.65. The number of imidazole rings is 1. The molecular formula is C44H25N3. The van der Waals surface area contributed by atoms with Gasteiger partial charge in [-0.15, -0.1) is 0 Å². The largest absolute Gasteiger partial charge is 0.309 e. The minimum Gasteiger partial charge on any atom is -0.309 e. The Hall–Kier alpha value is -6.19. The van der Waals surface area contributed by atoms with E-state index < -0.39 is 5.41 Å². The van der Waals surface area contributed by atoms with Gasteiger partial charge in [-0.3, -0.25) is 4.40 Å². The number of nitrogens with zero attached hydrogens (tertiary/aromatic N) is 3. The Morgan fingerprint density at radius 2 is 1.06 bits per heavy atom. The normalized spacial score (nSPS) is 14.1. The number of aromatic nitrogens is 3. The Balaban J connectivity index is 1.33. The predicted molar refractivity (Wildman–Crippen MR) is 193 cm³/mol. The van der Waals surface area contributed by atoms with Gasteiger partial charge in [-0.05, 0) is 75.2 Å². The summed E-state index contributed by atoms with van der Waals surface area (Å²) in [6.45, 7) is 0. The minimum atomic E-state index is -0.409. The molecule has 4 heterocycles. The summed E-state index contributed by atoms with van der Waals surface area (Å²) in [4.78, 5) is 5.25. The maximum absolute atomic E-state index is 5.25. The molecule has 3 aromatic heterocycles. The second kappa shape index (κ2) is 8.14. The summed E-state index contributed by atoms with van der Waals surface area (Å²) in [5.74, 6) is 0. The number of pyridine rings is 1. The first kappa shape index (κ1) is 24.1. The van der Waals surface area contributed by atoms with E-state index in [9.17, 15) is 0 Å². The first-order valence-electron chi connectivity index (χ1n) is 16.3. The molecule has 0 saturated heterocycles. The highest BCUT2D eigenvalue weighted by Gasteiger charge is 2.50. The van der Waals surface area contributed by atoms with E-state index in [1.54, 1.807) is 0 Å². The van der Waals surface area contributed by atoms with Crippen LogP contribution in [0, 0.1) is 0 Å². The molecule has 0 unspecified atom stereocenters. The highest BCUT2D eigenvalue weighted by Crippen LogP contribution is 2.61. The molecule has 0 amide bonds. The van der Waals surface area contributed by atoms with E-state index in [0.29, 0.717) is 0 Å². The van der Waals surface area contributed by atoms with Gasteiger partial charge in [-0.2, -0.15) is 0 Å². The van der Waals surface area contributed by atoms with Gasteiger partial charge < -0.3 is 4.57 Å². The van der Waals surface area contributed by atoms with Crippen LogP contribution < -0.4 is 0 Å². The molecule has 7 aromatic carbocycles. The summed E-state index contributed by atoms with van der Waals surface area (Å²) in [6.07, 6.45) is 0. The quantitative estimate of drug-likeness (QED) is 0.160. The van der Waals surface area contributed by atoms with Gasteiger partial charge in [0.05, 0.1) is 38.7 Å². The molecule has 0 bridgehead atoms. The molecule has 1 spiro atoms. The number of fused-ring (bicyclic) bond motifs is 20. The molecule has 12 rings (SSSR count). The summed E-state index contributed by atoms with van der Waals surface area (Å²) in [5.41, 5.74) is 15.7. The van der Waals surface area contributed by atoms with Crippen LogP contribution in [0.4, 0.5) is 0 Å². The molecular weight excluding hydrogens is 571 g/mol. The standard InChI is InChI=1S/C44H25N3/c1-4-16-33-26(12-1)27-13-2-5-17-34(27)44(33)35-18-6-9-22-39(35)46-41-25-32-30(24-31(41)29-15-11-19-36(44)42(29)46)28-14-3-8-21-38(28)47-40-23-10-7-20-37(40)45-43(32)47/h1-25H. The van der Waals surface area contributed by atoms with Crippen LogP contribution in [0.1, 0.15) is 22.3 Å². The van der Waals surface area contributed by atoms with E-state index in [4.69, 9.17) is 4.98 Å². The zero-order valence-corrected chi connectivity index (χ0v) is 25.3. The van der Waals surface area contributed by atoms with Crippen LogP contribution in [-0.2, 0) is 5.41 Å². The van der Waals surface area contributed by atoms with E-state index in [2.05, 4.69) is 161 Å². The van der Waals surface area contributed by atoms with Crippen LogP contribution in [0.15, 0.2) is 152 Å². The Labute approximate surface area is 269 Å². The first-order chi connectivity index (χ1) is 23.3. The summed E-state index contributed by atoms with van der Waals surface area (Å²) < 4.78 is 4.89. The number of hydrogen-bond acceptors (Lipinski definition) is 1. The number of benzene rings is 7. The molecule has 0 saturated carbocycles. The lowest BCUT2D eigenvalue weighted by Crippen LogP contribution is -2.33.